The number of nitrogens with zero attached hydrogens (tertiary/aromatic N) is 4. The smallest absolute Gasteiger partial charge is 0.210 e. The molecule has 1 aliphatic heterocycles. The maximum Gasteiger partial charge on any atom is 0.210 e. The van der Waals surface area contributed by atoms with E-state index >= 15 is 0 Å². The third kappa shape index (κ3) is 3.13. The zero-order chi connectivity index (χ0) is 18.1. The van der Waals surface area contributed by atoms with Crippen LogP contribution in [0.3, 0.4) is 0 Å². The fourth-order valence-electron chi connectivity index (χ4n) is 2.94. The minimum Gasteiger partial charge on any atom is -0.486 e. The van der Waals surface area contributed by atoms with Crippen molar-refractivity contribution in [2.75, 3.05) is 18.5 Å². The Morgan fingerprint density at radius 3 is 3.00 bits per heavy atom. The normalized spacial score (nSPS) is 12.9. The molecule has 0 radical (unpaired) electrons. The number of fused-ring (bicyclic) bond motifs is 1. The third-order valence-electron chi connectivity index (χ3n) is 4.23. The fraction of sp³-hybridized carbons (Fsp3) is 0.167. The summed E-state index contributed by atoms with van der Waals surface area (Å²) in [4.78, 5) is 4.25. The molecule has 0 unspecified atom stereocenters. The molecule has 4 heterocycles. The van der Waals surface area contributed by atoms with Gasteiger partial charge in [0, 0.05) is 29.2 Å². The minimum absolute atomic E-state index is 0.566. The molecule has 0 amide bonds. The Labute approximate surface area is 158 Å². The maximum absolute atomic E-state index is 5.68. The summed E-state index contributed by atoms with van der Waals surface area (Å²) in [5.41, 5.74) is 3.92. The highest BCUT2D eigenvalue weighted by molar-refractivity contribution is 7.12. The van der Waals surface area contributed by atoms with Gasteiger partial charge in [0.2, 0.25) is 5.13 Å². The first-order valence-electron chi connectivity index (χ1n) is 8.47. The molecule has 9 heteroatoms. The van der Waals surface area contributed by atoms with Gasteiger partial charge in [-0.05, 0) is 18.2 Å². The molecule has 0 saturated carbocycles. The van der Waals surface area contributed by atoms with Crippen LogP contribution in [0.25, 0.3) is 16.4 Å². The Morgan fingerprint density at radius 1 is 1.19 bits per heavy atom. The predicted molar refractivity (Wildman–Crippen MR) is 102 cm³/mol. The zero-order valence-electron chi connectivity index (χ0n) is 14.3. The van der Waals surface area contributed by atoms with Gasteiger partial charge in [-0.3, -0.25) is 5.10 Å². The van der Waals surface area contributed by atoms with E-state index in [0.717, 1.165) is 39.1 Å². The van der Waals surface area contributed by atoms with Crippen molar-refractivity contribution in [3.63, 3.8) is 0 Å². The molecule has 27 heavy (non-hydrogen) atoms. The highest BCUT2D eigenvalue weighted by Crippen LogP contribution is 2.35. The van der Waals surface area contributed by atoms with E-state index in [4.69, 9.17) is 9.47 Å². The number of benzene rings is 1. The number of aromatic nitrogens is 5. The Morgan fingerprint density at radius 2 is 2.11 bits per heavy atom. The highest BCUT2D eigenvalue weighted by atomic mass is 32.1. The monoisotopic (exact) mass is 380 g/mol. The van der Waals surface area contributed by atoms with E-state index < -0.39 is 0 Å². The second kappa shape index (κ2) is 6.76. The van der Waals surface area contributed by atoms with Crippen LogP contribution in [-0.4, -0.2) is 38.2 Å². The number of hydrogen-bond donors (Lipinski definition) is 2. The van der Waals surface area contributed by atoms with E-state index in [0.29, 0.717) is 19.8 Å². The molecule has 3 aromatic heterocycles. The number of H-pyrrole nitrogens is 1. The lowest BCUT2D eigenvalue weighted by Crippen LogP contribution is -2.15. The molecule has 0 spiro atoms. The van der Waals surface area contributed by atoms with Crippen LogP contribution in [0.15, 0.2) is 48.4 Å². The molecule has 0 fully saturated rings. The van der Waals surface area contributed by atoms with Crippen LogP contribution >= 0.6 is 11.3 Å². The van der Waals surface area contributed by atoms with E-state index in [1.165, 1.54) is 0 Å². The SMILES string of the molecule is c1csc(-n2cc(NCc3cn[nH]c3-c3ccc4c(c3)OCCO4)cn2)n1. The van der Waals surface area contributed by atoms with Gasteiger partial charge in [0.15, 0.2) is 11.5 Å². The molecule has 1 aromatic carbocycles. The van der Waals surface area contributed by atoms with Gasteiger partial charge in [-0.25, -0.2) is 9.67 Å². The second-order valence-corrected chi connectivity index (χ2v) is 6.84. The molecule has 0 saturated heterocycles. The molecule has 5 rings (SSSR count). The molecular weight excluding hydrogens is 364 g/mol. The topological polar surface area (TPSA) is 89.9 Å². The van der Waals surface area contributed by atoms with Crippen molar-refractivity contribution in [1.82, 2.24) is 25.0 Å². The average molecular weight is 380 g/mol. The summed E-state index contributed by atoms with van der Waals surface area (Å²) < 4.78 is 13.0. The summed E-state index contributed by atoms with van der Waals surface area (Å²) >= 11 is 1.54. The molecule has 4 aromatic rings. The van der Waals surface area contributed by atoms with E-state index in [-0.39, 0.29) is 0 Å². The van der Waals surface area contributed by atoms with Gasteiger partial charge in [0.05, 0.1) is 30.0 Å². The van der Waals surface area contributed by atoms with Gasteiger partial charge >= 0.3 is 0 Å². The number of ether oxygens (including phenoxy) is 2. The van der Waals surface area contributed by atoms with E-state index in [1.54, 1.807) is 28.4 Å². The first kappa shape index (κ1) is 15.9. The molecule has 0 aliphatic carbocycles. The summed E-state index contributed by atoms with van der Waals surface area (Å²) in [6.45, 7) is 1.76. The Hall–Kier alpha value is -3.33. The number of aromatic amines is 1. The van der Waals surface area contributed by atoms with Crippen LogP contribution in [0.4, 0.5) is 5.69 Å². The largest absolute Gasteiger partial charge is 0.486 e. The van der Waals surface area contributed by atoms with Gasteiger partial charge in [-0.2, -0.15) is 10.2 Å². The number of rotatable bonds is 5. The third-order valence-corrected chi connectivity index (χ3v) is 4.99. The zero-order valence-corrected chi connectivity index (χ0v) is 15.1. The van der Waals surface area contributed by atoms with Crippen molar-refractivity contribution < 1.29 is 9.47 Å². The summed E-state index contributed by atoms with van der Waals surface area (Å²) in [5, 5.41) is 17.8. The first-order valence-corrected chi connectivity index (χ1v) is 9.35. The van der Waals surface area contributed by atoms with Crippen molar-refractivity contribution >= 4 is 17.0 Å². The van der Waals surface area contributed by atoms with Crippen LogP contribution in [-0.2, 0) is 6.54 Å². The fourth-order valence-corrected chi connectivity index (χ4v) is 3.51. The summed E-state index contributed by atoms with van der Waals surface area (Å²) in [6, 6.07) is 5.91. The molecule has 8 nitrogen and oxygen atoms in total. The van der Waals surface area contributed by atoms with Crippen LogP contribution in [0.5, 0.6) is 11.5 Å². The molecule has 0 atom stereocenters. The minimum atomic E-state index is 0.566. The van der Waals surface area contributed by atoms with Gasteiger partial charge in [0.25, 0.3) is 0 Å². The van der Waals surface area contributed by atoms with Crippen LogP contribution in [0, 0.1) is 0 Å². The molecule has 136 valence electrons. The van der Waals surface area contributed by atoms with Gasteiger partial charge in [-0.15, -0.1) is 11.3 Å². The standard InChI is InChI=1S/C18H16N6O2S/c1-2-15-16(26-5-4-25-15)7-12(1)17-13(9-21-23-17)8-20-14-10-22-24(11-14)18-19-3-6-27-18/h1-3,6-7,9-11,20H,4-5,8H2,(H,21,23). The number of thiazole rings is 1. The maximum atomic E-state index is 5.68. The van der Waals surface area contributed by atoms with E-state index in [9.17, 15) is 0 Å². The highest BCUT2D eigenvalue weighted by Gasteiger charge is 2.15. The molecular formula is C18H16N6O2S. The van der Waals surface area contributed by atoms with Gasteiger partial charge in [-0.1, -0.05) is 0 Å². The van der Waals surface area contributed by atoms with Crippen molar-refractivity contribution in [3.8, 4) is 27.9 Å². The molecule has 2 N–H and O–H groups in total. The number of hydrogen-bond acceptors (Lipinski definition) is 7. The van der Waals surface area contributed by atoms with Crippen LogP contribution in [0.1, 0.15) is 5.56 Å². The first-order chi connectivity index (χ1) is 13.4. The van der Waals surface area contributed by atoms with Gasteiger partial charge < -0.3 is 14.8 Å². The average Bonchev–Trinajstić information content (AvgIpc) is 3.47. The van der Waals surface area contributed by atoms with Crippen molar-refractivity contribution in [2.45, 2.75) is 6.54 Å². The number of nitrogens with one attached hydrogen (secondary N) is 2. The van der Waals surface area contributed by atoms with Crippen LogP contribution in [0.2, 0.25) is 0 Å². The van der Waals surface area contributed by atoms with Crippen molar-refractivity contribution in [2.24, 2.45) is 0 Å². The number of anilines is 1. The Bertz CT molecular complexity index is 1060. The summed E-state index contributed by atoms with van der Waals surface area (Å²) in [7, 11) is 0. The van der Waals surface area contributed by atoms with Crippen molar-refractivity contribution in [3.05, 3.63) is 53.9 Å². The predicted octanol–water partition coefficient (Wildman–Crippen LogP) is 3.10. The van der Waals surface area contributed by atoms with E-state index in [2.05, 4.69) is 25.6 Å². The lowest BCUT2D eigenvalue weighted by molar-refractivity contribution is 0.171. The molecule has 0 bridgehead atoms. The lowest BCUT2D eigenvalue weighted by atomic mass is 10.1. The van der Waals surface area contributed by atoms with Crippen molar-refractivity contribution in [1.29, 1.82) is 0 Å². The summed E-state index contributed by atoms with van der Waals surface area (Å²) in [5.74, 6) is 1.54. The van der Waals surface area contributed by atoms with Crippen LogP contribution < -0.4 is 14.8 Å². The lowest BCUT2D eigenvalue weighted by Gasteiger charge is -2.18. The Kier molecular flexibility index (Phi) is 3.98. The quantitative estimate of drug-likeness (QED) is 0.553. The van der Waals surface area contributed by atoms with Gasteiger partial charge in [0.1, 0.15) is 13.2 Å². The van der Waals surface area contributed by atoms with E-state index in [1.807, 2.05) is 36.0 Å². The second-order valence-electron chi connectivity index (χ2n) is 5.97. The summed E-state index contributed by atoms with van der Waals surface area (Å²) in [6.07, 6.45) is 7.29. The molecule has 1 aliphatic rings. The Balaban J connectivity index is 1.33.